The van der Waals surface area contributed by atoms with Crippen molar-refractivity contribution in [1.82, 2.24) is 5.32 Å². The van der Waals surface area contributed by atoms with Crippen LogP contribution in [0.25, 0.3) is 0 Å². The van der Waals surface area contributed by atoms with Crippen molar-refractivity contribution in [2.24, 2.45) is 5.92 Å². The zero-order valence-corrected chi connectivity index (χ0v) is 21.7. The van der Waals surface area contributed by atoms with E-state index in [0.29, 0.717) is 19.6 Å². The molecule has 0 aromatic heterocycles. The highest BCUT2D eigenvalue weighted by atomic mass is 16.5. The molecule has 0 radical (unpaired) electrons. The molecule has 0 heterocycles. The molecule has 31 heavy (non-hydrogen) atoms. The van der Waals surface area contributed by atoms with Crippen LogP contribution in [0.3, 0.4) is 0 Å². The summed E-state index contributed by atoms with van der Waals surface area (Å²) in [5, 5.41) is 12.1. The summed E-state index contributed by atoms with van der Waals surface area (Å²) in [6.45, 7) is 11.5. The fourth-order valence-electron chi connectivity index (χ4n) is 3.75. The molecule has 0 atom stereocenters. The minimum atomic E-state index is -0.00332. The molecule has 0 aromatic rings. The Hall–Kier alpha value is -0.610. The van der Waals surface area contributed by atoms with E-state index in [9.17, 15) is 4.79 Å². The fraction of sp³-hybridized carbons (Fsp3) is 0.963. The van der Waals surface area contributed by atoms with Crippen molar-refractivity contribution in [2.45, 2.75) is 137 Å². The van der Waals surface area contributed by atoms with Gasteiger partial charge in [0.05, 0.1) is 6.61 Å². The Morgan fingerprint density at radius 3 is 1.87 bits per heavy atom. The number of carbonyl (C=O) groups is 1. The van der Waals surface area contributed by atoms with Gasteiger partial charge < -0.3 is 15.2 Å². The molecular weight excluding hydrogens is 386 g/mol. The van der Waals surface area contributed by atoms with Crippen LogP contribution < -0.4 is 5.32 Å². The molecule has 0 saturated heterocycles. The van der Waals surface area contributed by atoms with Crippen LogP contribution in [0.4, 0.5) is 0 Å². The van der Waals surface area contributed by atoms with Gasteiger partial charge in [-0.3, -0.25) is 4.79 Å². The normalized spacial score (nSPS) is 10.8. The van der Waals surface area contributed by atoms with Gasteiger partial charge in [-0.2, -0.15) is 0 Å². The molecule has 0 aromatic carbocycles. The van der Waals surface area contributed by atoms with Gasteiger partial charge in [0.25, 0.3) is 0 Å². The average Bonchev–Trinajstić information content (AvgIpc) is 2.79. The number of rotatable bonds is 23. The van der Waals surface area contributed by atoms with Crippen LogP contribution in [0.15, 0.2) is 0 Å². The van der Waals surface area contributed by atoms with E-state index >= 15 is 0 Å². The number of carbonyl (C=O) groups excluding carboxylic acids is 1. The molecule has 0 saturated carbocycles. The zero-order chi connectivity index (χ0) is 23.4. The second-order valence-electron chi connectivity index (χ2n) is 8.57. The van der Waals surface area contributed by atoms with E-state index in [1.165, 1.54) is 70.6 Å². The van der Waals surface area contributed by atoms with Crippen molar-refractivity contribution in [1.29, 1.82) is 0 Å². The third kappa shape index (κ3) is 27.4. The zero-order valence-electron chi connectivity index (χ0n) is 21.7. The summed E-state index contributed by atoms with van der Waals surface area (Å²) >= 11 is 0. The smallest absolute Gasteiger partial charge is 0.305 e. The number of aliphatic hydroxyl groups excluding tert-OH is 1. The van der Waals surface area contributed by atoms with Crippen LogP contribution in [-0.2, 0) is 9.53 Å². The molecule has 0 aliphatic rings. The minimum absolute atomic E-state index is 0.00332. The highest BCUT2D eigenvalue weighted by Gasteiger charge is 2.10. The summed E-state index contributed by atoms with van der Waals surface area (Å²) < 4.78 is 5.51. The summed E-state index contributed by atoms with van der Waals surface area (Å²) in [5.74, 6) is 0.731. The van der Waals surface area contributed by atoms with Gasteiger partial charge in [-0.25, -0.2) is 0 Å². The number of hydrogen-bond acceptors (Lipinski definition) is 4. The van der Waals surface area contributed by atoms with E-state index in [0.717, 1.165) is 51.1 Å². The largest absolute Gasteiger partial charge is 0.466 e. The standard InChI is InChI=1S/C25H51NO3.C2H6/c1-3-5-10-16-24(17-11-6-4-2)19-23-29-25(28)18-12-8-7-9-13-20-26-21-14-15-22-27;1-2/h24,26-27H,3-23H2,1-2H3;1-2H3. The van der Waals surface area contributed by atoms with Gasteiger partial charge in [0, 0.05) is 13.0 Å². The summed E-state index contributed by atoms with van der Waals surface area (Å²) in [4.78, 5) is 12.0. The Balaban J connectivity index is 0. The maximum Gasteiger partial charge on any atom is 0.305 e. The number of nitrogens with one attached hydrogen (secondary N) is 1. The third-order valence-electron chi connectivity index (χ3n) is 5.72. The number of esters is 1. The highest BCUT2D eigenvalue weighted by Crippen LogP contribution is 2.21. The van der Waals surface area contributed by atoms with Crippen molar-refractivity contribution in [3.8, 4) is 0 Å². The van der Waals surface area contributed by atoms with E-state index in [1.807, 2.05) is 13.8 Å². The minimum Gasteiger partial charge on any atom is -0.466 e. The van der Waals surface area contributed by atoms with Gasteiger partial charge in [0.2, 0.25) is 0 Å². The Morgan fingerprint density at radius 1 is 0.742 bits per heavy atom. The predicted molar refractivity (Wildman–Crippen MR) is 136 cm³/mol. The highest BCUT2D eigenvalue weighted by molar-refractivity contribution is 5.69. The molecule has 0 fully saturated rings. The van der Waals surface area contributed by atoms with Crippen LogP contribution in [0.5, 0.6) is 0 Å². The van der Waals surface area contributed by atoms with Gasteiger partial charge in [-0.15, -0.1) is 0 Å². The second-order valence-corrected chi connectivity index (χ2v) is 8.57. The Bertz CT molecular complexity index is 326. The molecule has 0 bridgehead atoms. The average molecular weight is 444 g/mol. The molecule has 188 valence electrons. The first-order chi connectivity index (χ1) is 15.2. The lowest BCUT2D eigenvalue weighted by molar-refractivity contribution is -0.144. The van der Waals surface area contributed by atoms with Crippen molar-refractivity contribution in [3.05, 3.63) is 0 Å². The second kappa shape index (κ2) is 29.4. The van der Waals surface area contributed by atoms with Gasteiger partial charge in [0.15, 0.2) is 0 Å². The third-order valence-corrected chi connectivity index (χ3v) is 5.72. The maximum atomic E-state index is 12.0. The lowest BCUT2D eigenvalue weighted by Gasteiger charge is -2.16. The lowest BCUT2D eigenvalue weighted by atomic mass is 9.92. The lowest BCUT2D eigenvalue weighted by Crippen LogP contribution is -2.16. The van der Waals surface area contributed by atoms with Crippen LogP contribution in [0, 0.1) is 5.92 Å². The Labute approximate surface area is 195 Å². The monoisotopic (exact) mass is 443 g/mol. The Kier molecular flexibility index (Phi) is 30.9. The number of unbranched alkanes of at least 4 members (excludes halogenated alkanes) is 9. The molecule has 0 amide bonds. The van der Waals surface area contributed by atoms with E-state index in [-0.39, 0.29) is 5.97 Å². The number of ether oxygens (including phenoxy) is 1. The van der Waals surface area contributed by atoms with Crippen LogP contribution in [0.1, 0.15) is 137 Å². The van der Waals surface area contributed by atoms with E-state index in [4.69, 9.17) is 9.84 Å². The van der Waals surface area contributed by atoms with Crippen LogP contribution in [-0.4, -0.2) is 37.4 Å². The molecule has 0 unspecified atom stereocenters. The summed E-state index contributed by atoms with van der Waals surface area (Å²) in [6, 6.07) is 0. The van der Waals surface area contributed by atoms with Crippen molar-refractivity contribution in [2.75, 3.05) is 26.3 Å². The summed E-state index contributed by atoms with van der Waals surface area (Å²) in [5.41, 5.74) is 0. The molecule has 2 N–H and O–H groups in total. The Morgan fingerprint density at radius 2 is 1.29 bits per heavy atom. The van der Waals surface area contributed by atoms with Gasteiger partial charge in [-0.05, 0) is 51.1 Å². The van der Waals surface area contributed by atoms with Crippen molar-refractivity contribution < 1.29 is 14.6 Å². The molecular formula is C27H57NO3. The first-order valence-electron chi connectivity index (χ1n) is 13.7. The first kappa shape index (κ1) is 32.6. The SMILES string of the molecule is CC.CCCCCC(CCCCC)CCOC(=O)CCCCCCCNCCCCO. The molecule has 0 rings (SSSR count). The molecule has 0 aliphatic heterocycles. The maximum absolute atomic E-state index is 12.0. The number of aliphatic hydroxyl groups is 1. The van der Waals surface area contributed by atoms with Crippen molar-refractivity contribution >= 4 is 5.97 Å². The van der Waals surface area contributed by atoms with Gasteiger partial charge in [-0.1, -0.05) is 98.3 Å². The van der Waals surface area contributed by atoms with Gasteiger partial charge in [0.1, 0.15) is 0 Å². The predicted octanol–water partition coefficient (Wildman–Crippen LogP) is 7.43. The van der Waals surface area contributed by atoms with Crippen LogP contribution >= 0.6 is 0 Å². The fourth-order valence-corrected chi connectivity index (χ4v) is 3.75. The summed E-state index contributed by atoms with van der Waals surface area (Å²) in [7, 11) is 0. The summed E-state index contributed by atoms with van der Waals surface area (Å²) in [6.07, 6.45) is 19.7. The van der Waals surface area contributed by atoms with E-state index in [2.05, 4.69) is 19.2 Å². The molecule has 4 heteroatoms. The molecule has 0 aliphatic carbocycles. The van der Waals surface area contributed by atoms with E-state index in [1.54, 1.807) is 0 Å². The quantitative estimate of drug-likeness (QED) is 0.127. The van der Waals surface area contributed by atoms with E-state index < -0.39 is 0 Å². The number of hydrogen-bond donors (Lipinski definition) is 2. The molecule has 4 nitrogen and oxygen atoms in total. The molecule has 0 spiro atoms. The van der Waals surface area contributed by atoms with Crippen LogP contribution in [0.2, 0.25) is 0 Å². The van der Waals surface area contributed by atoms with Crippen molar-refractivity contribution in [3.63, 3.8) is 0 Å². The first-order valence-corrected chi connectivity index (χ1v) is 13.7. The topological polar surface area (TPSA) is 58.6 Å². The van der Waals surface area contributed by atoms with Gasteiger partial charge >= 0.3 is 5.97 Å².